The average molecular weight is 686 g/mol. The zero-order valence-electron chi connectivity index (χ0n) is 13.3. The van der Waals surface area contributed by atoms with E-state index < -0.39 is 0 Å². The fraction of sp³-hybridized carbons (Fsp3) is 0.429. The molecule has 0 radical (unpaired) electrons. The number of nitrogens with one attached hydrogen (secondary N) is 2. The molecule has 0 aliphatic carbocycles. The summed E-state index contributed by atoms with van der Waals surface area (Å²) >= 11 is 6.17. The van der Waals surface area contributed by atoms with Crippen molar-refractivity contribution < 1.29 is 9.59 Å². The van der Waals surface area contributed by atoms with E-state index in [0.717, 1.165) is 7.14 Å². The van der Waals surface area contributed by atoms with E-state index >= 15 is 0 Å². The van der Waals surface area contributed by atoms with Crippen molar-refractivity contribution in [3.63, 3.8) is 0 Å². The van der Waals surface area contributed by atoms with Gasteiger partial charge in [0.2, 0.25) is 0 Å². The lowest BCUT2D eigenvalue weighted by Crippen LogP contribution is -2.43. The average Bonchev–Trinajstić information content (AvgIpc) is 2.56. The van der Waals surface area contributed by atoms with Crippen LogP contribution in [-0.4, -0.2) is 50.1 Å². The Morgan fingerprint density at radius 1 is 0.880 bits per heavy atom. The summed E-state index contributed by atoms with van der Waals surface area (Å²) < 4.78 is 2.08. The summed E-state index contributed by atoms with van der Waals surface area (Å²) in [6.45, 7) is 1.08. The van der Waals surface area contributed by atoms with E-state index in [4.69, 9.17) is 22.9 Å². The van der Waals surface area contributed by atoms with Crippen LogP contribution in [-0.2, 0) is 0 Å². The van der Waals surface area contributed by atoms with E-state index in [1.54, 1.807) is 6.07 Å². The Labute approximate surface area is 187 Å². The third kappa shape index (κ3) is 6.69. The number of amides is 2. The molecule has 1 rings (SSSR count). The fourth-order valence-electron chi connectivity index (χ4n) is 1.80. The monoisotopic (exact) mass is 686 g/mol. The molecule has 25 heavy (non-hydrogen) atoms. The van der Waals surface area contributed by atoms with Gasteiger partial charge in [-0.3, -0.25) is 9.59 Å². The Balaban J connectivity index is 3.08. The number of hydrogen-bond donors (Lipinski definition) is 6. The molecule has 2 amide bonds. The third-order valence-electron chi connectivity index (χ3n) is 3.28. The van der Waals surface area contributed by atoms with Gasteiger partial charge in [-0.15, -0.1) is 0 Å². The van der Waals surface area contributed by atoms with Gasteiger partial charge in [-0.05, 0) is 73.8 Å². The summed E-state index contributed by atoms with van der Waals surface area (Å²) in [5, 5.41) is 5.50. The highest BCUT2D eigenvalue weighted by Gasteiger charge is 2.24. The van der Waals surface area contributed by atoms with Crippen molar-refractivity contribution >= 4 is 79.6 Å². The number of nitrogens with two attached hydrogens (primary N) is 4. The summed E-state index contributed by atoms with van der Waals surface area (Å²) in [6, 6.07) is 1.16. The Morgan fingerprint density at radius 3 is 1.56 bits per heavy atom. The second-order valence-corrected chi connectivity index (χ2v) is 8.72. The standard InChI is InChI=1S/C14H21I3N6O2/c15-8-1-9(16)11(14(25)23-5-7(21)3-19)12(17)10(8)13(24)22-4-6(20)2-18/h1,6-7H,2-5,18-21H2,(H,22,24)(H,23,25). The van der Waals surface area contributed by atoms with Crippen molar-refractivity contribution in [2.24, 2.45) is 22.9 Å². The second-order valence-electron chi connectivity index (χ2n) is 5.32. The summed E-state index contributed by atoms with van der Waals surface area (Å²) in [5.74, 6) is -0.580. The molecule has 0 saturated carbocycles. The van der Waals surface area contributed by atoms with Gasteiger partial charge >= 0.3 is 0 Å². The third-order valence-corrected chi connectivity index (χ3v) is 6.06. The minimum absolute atomic E-state index is 0.264. The number of benzene rings is 1. The van der Waals surface area contributed by atoms with Crippen LogP contribution in [0, 0.1) is 10.7 Å². The molecular formula is C14H21I3N6O2. The highest BCUT2D eigenvalue weighted by atomic mass is 127. The number of hydrogen-bond acceptors (Lipinski definition) is 6. The number of rotatable bonds is 8. The lowest BCUT2D eigenvalue weighted by Gasteiger charge is -2.16. The molecule has 11 heteroatoms. The molecule has 0 heterocycles. The molecule has 0 fully saturated rings. The molecular weight excluding hydrogens is 665 g/mol. The molecule has 140 valence electrons. The van der Waals surface area contributed by atoms with Crippen LogP contribution in [0.5, 0.6) is 0 Å². The molecule has 0 aliphatic heterocycles. The van der Waals surface area contributed by atoms with Crippen LogP contribution in [0.15, 0.2) is 6.07 Å². The van der Waals surface area contributed by atoms with Gasteiger partial charge in [-0.25, -0.2) is 0 Å². The molecule has 1 aromatic carbocycles. The highest BCUT2D eigenvalue weighted by molar-refractivity contribution is 14.1. The second kappa shape index (κ2) is 11.1. The van der Waals surface area contributed by atoms with Crippen LogP contribution in [0.25, 0.3) is 0 Å². The molecule has 0 bridgehead atoms. The van der Waals surface area contributed by atoms with Crippen LogP contribution >= 0.6 is 67.8 Å². The lowest BCUT2D eigenvalue weighted by atomic mass is 10.1. The van der Waals surface area contributed by atoms with Crippen LogP contribution in [0.1, 0.15) is 20.7 Å². The highest BCUT2D eigenvalue weighted by Crippen LogP contribution is 2.27. The molecule has 2 atom stereocenters. The van der Waals surface area contributed by atoms with Crippen LogP contribution in [0.2, 0.25) is 0 Å². The van der Waals surface area contributed by atoms with Gasteiger partial charge in [0, 0.05) is 49.0 Å². The van der Waals surface area contributed by atoms with Crippen LogP contribution in [0.3, 0.4) is 0 Å². The maximum atomic E-state index is 12.5. The van der Waals surface area contributed by atoms with Crippen molar-refractivity contribution in [1.82, 2.24) is 10.6 Å². The van der Waals surface area contributed by atoms with Crippen LogP contribution < -0.4 is 33.6 Å². The Kier molecular flexibility index (Phi) is 10.3. The van der Waals surface area contributed by atoms with Crippen molar-refractivity contribution in [3.8, 4) is 0 Å². The zero-order chi connectivity index (χ0) is 19.1. The Hall–Kier alpha value is 0.190. The van der Waals surface area contributed by atoms with Gasteiger partial charge < -0.3 is 33.6 Å². The minimum atomic E-state index is -0.316. The summed E-state index contributed by atoms with van der Waals surface area (Å²) in [4.78, 5) is 25.0. The first-order valence-corrected chi connectivity index (χ1v) is 10.6. The molecule has 0 saturated heterocycles. The van der Waals surface area contributed by atoms with E-state index in [1.165, 1.54) is 0 Å². The molecule has 0 spiro atoms. The molecule has 0 aliphatic rings. The smallest absolute Gasteiger partial charge is 0.253 e. The van der Waals surface area contributed by atoms with Gasteiger partial charge in [-0.2, -0.15) is 0 Å². The normalized spacial score (nSPS) is 13.2. The van der Waals surface area contributed by atoms with Crippen LogP contribution in [0.4, 0.5) is 0 Å². The maximum Gasteiger partial charge on any atom is 0.253 e. The molecule has 1 aromatic rings. The van der Waals surface area contributed by atoms with E-state index in [-0.39, 0.29) is 50.1 Å². The number of carbonyl (C=O) groups is 2. The maximum absolute atomic E-state index is 12.5. The summed E-state index contributed by atoms with van der Waals surface area (Å²) in [6.07, 6.45) is 0. The zero-order valence-corrected chi connectivity index (χ0v) is 19.8. The SMILES string of the molecule is NCC(N)CNC(=O)c1c(I)cc(I)c(C(=O)NCC(N)CN)c1I. The van der Waals surface area contributed by atoms with Gasteiger partial charge in [0.15, 0.2) is 0 Å². The predicted octanol–water partition coefficient (Wildman–Crippen LogP) is -0.468. The largest absolute Gasteiger partial charge is 0.350 e. The van der Waals surface area contributed by atoms with E-state index in [0.29, 0.717) is 14.7 Å². The molecule has 10 N–H and O–H groups in total. The topological polar surface area (TPSA) is 162 Å². The first-order valence-electron chi connectivity index (χ1n) is 7.38. The van der Waals surface area contributed by atoms with E-state index in [2.05, 4.69) is 55.8 Å². The first-order chi connectivity index (χ1) is 11.7. The van der Waals surface area contributed by atoms with Crippen molar-refractivity contribution in [1.29, 1.82) is 0 Å². The number of carbonyl (C=O) groups excluding carboxylic acids is 2. The van der Waals surface area contributed by atoms with E-state index in [1.807, 2.05) is 22.6 Å². The fourth-order valence-corrected chi connectivity index (χ4v) is 6.15. The van der Waals surface area contributed by atoms with Gasteiger partial charge in [0.1, 0.15) is 0 Å². The molecule has 0 aromatic heterocycles. The summed E-state index contributed by atoms with van der Waals surface area (Å²) in [7, 11) is 0. The minimum Gasteiger partial charge on any atom is -0.350 e. The predicted molar refractivity (Wildman–Crippen MR) is 123 cm³/mol. The van der Waals surface area contributed by atoms with Gasteiger partial charge in [-0.1, -0.05) is 0 Å². The van der Waals surface area contributed by atoms with Crippen molar-refractivity contribution in [3.05, 3.63) is 27.9 Å². The molecule has 8 nitrogen and oxygen atoms in total. The van der Waals surface area contributed by atoms with E-state index in [9.17, 15) is 9.59 Å². The first kappa shape index (κ1) is 23.2. The van der Waals surface area contributed by atoms with Crippen molar-refractivity contribution in [2.75, 3.05) is 26.2 Å². The van der Waals surface area contributed by atoms with Gasteiger partial charge in [0.05, 0.1) is 11.1 Å². The van der Waals surface area contributed by atoms with Crippen molar-refractivity contribution in [2.45, 2.75) is 12.1 Å². The Morgan fingerprint density at radius 2 is 1.24 bits per heavy atom. The molecule has 2 unspecified atom stereocenters. The lowest BCUT2D eigenvalue weighted by molar-refractivity contribution is 0.0949. The quantitative estimate of drug-likeness (QED) is 0.203. The van der Waals surface area contributed by atoms with Gasteiger partial charge in [0.25, 0.3) is 11.8 Å². The Bertz CT molecular complexity index is 593. The number of halogens is 3. The summed E-state index contributed by atoms with van der Waals surface area (Å²) in [5.41, 5.74) is 23.3.